The summed E-state index contributed by atoms with van der Waals surface area (Å²) in [7, 11) is 0. The van der Waals surface area contributed by atoms with Crippen molar-refractivity contribution < 1.29 is 19.2 Å². The summed E-state index contributed by atoms with van der Waals surface area (Å²) in [5.41, 5.74) is 4.81. The van der Waals surface area contributed by atoms with Crippen molar-refractivity contribution in [2.45, 2.75) is 26.3 Å². The zero-order valence-corrected chi connectivity index (χ0v) is 14.4. The summed E-state index contributed by atoms with van der Waals surface area (Å²) in [4.78, 5) is 33.0. The molecule has 9 heteroatoms. The molecule has 0 aromatic heterocycles. The lowest BCUT2D eigenvalue weighted by Gasteiger charge is -2.19. The first kappa shape index (κ1) is 19.9. The number of ether oxygens (including phenoxy) is 1. The first-order valence-corrected chi connectivity index (χ1v) is 7.52. The van der Waals surface area contributed by atoms with Gasteiger partial charge in [-0.25, -0.2) is 4.79 Å². The Morgan fingerprint density at radius 1 is 1.32 bits per heavy atom. The molecular formula is C16H22N4O5. The fourth-order valence-corrected chi connectivity index (χ4v) is 1.77. The molecule has 25 heavy (non-hydrogen) atoms. The van der Waals surface area contributed by atoms with E-state index in [2.05, 4.69) is 10.6 Å². The molecule has 0 aliphatic heterocycles. The monoisotopic (exact) mass is 350 g/mol. The van der Waals surface area contributed by atoms with Gasteiger partial charge < -0.3 is 21.1 Å². The van der Waals surface area contributed by atoms with Crippen molar-refractivity contribution in [3.63, 3.8) is 0 Å². The third-order valence-corrected chi connectivity index (χ3v) is 2.84. The average molecular weight is 350 g/mol. The number of hydrogen-bond donors (Lipinski definition) is 3. The molecule has 0 atom stereocenters. The van der Waals surface area contributed by atoms with Crippen LogP contribution in [0.25, 0.3) is 0 Å². The molecule has 0 aliphatic carbocycles. The summed E-state index contributed by atoms with van der Waals surface area (Å²) in [5.74, 6) is -0.736. The first-order chi connectivity index (χ1) is 11.6. The molecule has 0 saturated carbocycles. The van der Waals surface area contributed by atoms with Gasteiger partial charge in [0.25, 0.3) is 5.69 Å². The maximum atomic E-state index is 11.4. The van der Waals surface area contributed by atoms with Gasteiger partial charge in [0.05, 0.1) is 4.92 Å². The molecule has 1 rings (SSSR count). The van der Waals surface area contributed by atoms with Gasteiger partial charge in [0.15, 0.2) is 0 Å². The molecule has 0 heterocycles. The highest BCUT2D eigenvalue weighted by molar-refractivity contribution is 5.94. The maximum Gasteiger partial charge on any atom is 0.407 e. The zero-order chi connectivity index (χ0) is 19.0. The molecule has 0 radical (unpaired) electrons. The third-order valence-electron chi connectivity index (χ3n) is 2.84. The molecule has 4 N–H and O–H groups in total. The second kappa shape index (κ2) is 8.67. The Morgan fingerprint density at radius 3 is 2.56 bits per heavy atom. The van der Waals surface area contributed by atoms with Crippen molar-refractivity contribution >= 4 is 23.4 Å². The van der Waals surface area contributed by atoms with Crippen molar-refractivity contribution in [1.29, 1.82) is 0 Å². The summed E-state index contributed by atoms with van der Waals surface area (Å²) in [5, 5.41) is 16.5. The van der Waals surface area contributed by atoms with Crippen LogP contribution >= 0.6 is 0 Å². The highest BCUT2D eigenvalue weighted by atomic mass is 16.6. The van der Waals surface area contributed by atoms with E-state index in [1.54, 1.807) is 12.2 Å². The second-order valence-corrected chi connectivity index (χ2v) is 6.18. The first-order valence-electron chi connectivity index (χ1n) is 7.52. The van der Waals surface area contributed by atoms with Gasteiger partial charge in [0.2, 0.25) is 5.91 Å². The lowest BCUT2D eigenvalue weighted by atomic mass is 10.1. The molecule has 1 aromatic rings. The maximum absolute atomic E-state index is 11.4. The van der Waals surface area contributed by atoms with E-state index in [9.17, 15) is 19.7 Å². The van der Waals surface area contributed by atoms with E-state index in [1.807, 2.05) is 20.8 Å². The highest BCUT2D eigenvalue weighted by Gasteiger charge is 2.16. The Labute approximate surface area is 145 Å². The van der Waals surface area contributed by atoms with E-state index in [4.69, 9.17) is 10.5 Å². The second-order valence-electron chi connectivity index (χ2n) is 6.18. The van der Waals surface area contributed by atoms with Crippen LogP contribution in [0.5, 0.6) is 0 Å². The normalized spacial score (nSPS) is 11.2. The van der Waals surface area contributed by atoms with Gasteiger partial charge >= 0.3 is 6.09 Å². The predicted octanol–water partition coefficient (Wildman–Crippen LogP) is 2.19. The number of benzene rings is 1. The Hall–Kier alpha value is -3.10. The third kappa shape index (κ3) is 7.34. The number of nitro benzene ring substituents is 1. The quantitative estimate of drug-likeness (QED) is 0.392. The number of nitrogens with one attached hydrogen (secondary N) is 2. The minimum atomic E-state index is -0.736. The van der Waals surface area contributed by atoms with Gasteiger partial charge in [-0.3, -0.25) is 14.9 Å². The van der Waals surface area contributed by atoms with E-state index < -0.39 is 16.9 Å². The van der Waals surface area contributed by atoms with Crippen molar-refractivity contribution in [2.75, 3.05) is 18.5 Å². The molecule has 0 aliphatic rings. The number of amides is 2. The van der Waals surface area contributed by atoms with Crippen LogP contribution in [-0.2, 0) is 4.74 Å². The van der Waals surface area contributed by atoms with E-state index >= 15 is 0 Å². The van der Waals surface area contributed by atoms with Gasteiger partial charge in [-0.15, -0.1) is 0 Å². The van der Waals surface area contributed by atoms with Crippen molar-refractivity contribution in [1.82, 2.24) is 5.32 Å². The van der Waals surface area contributed by atoms with Crippen LogP contribution in [0, 0.1) is 10.1 Å². The van der Waals surface area contributed by atoms with E-state index in [0.29, 0.717) is 0 Å². The topological polar surface area (TPSA) is 137 Å². The summed E-state index contributed by atoms with van der Waals surface area (Å²) >= 11 is 0. The van der Waals surface area contributed by atoms with Gasteiger partial charge in [-0.05, 0) is 39.0 Å². The van der Waals surface area contributed by atoms with Crippen molar-refractivity contribution in [3.05, 3.63) is 46.0 Å². The van der Waals surface area contributed by atoms with Crippen LogP contribution in [-0.4, -0.2) is 35.6 Å². The minimum Gasteiger partial charge on any atom is -0.445 e. The number of nitrogens with zero attached hydrogens (tertiary/aromatic N) is 1. The van der Waals surface area contributed by atoms with Gasteiger partial charge in [-0.1, -0.05) is 6.08 Å². The summed E-state index contributed by atoms with van der Waals surface area (Å²) in [6, 6.07) is 3.94. The minimum absolute atomic E-state index is 0.0612. The molecule has 1 aromatic carbocycles. The smallest absolute Gasteiger partial charge is 0.407 e. The molecule has 0 saturated heterocycles. The number of hydrogen-bond acceptors (Lipinski definition) is 6. The van der Waals surface area contributed by atoms with Gasteiger partial charge in [0.1, 0.15) is 12.3 Å². The Balaban J connectivity index is 2.52. The molecule has 0 unspecified atom stereocenters. The standard InChI is InChI=1S/C16H22N4O5/c1-16(2,3)19-15(22)25-9-5-4-8-18-12-7-6-11(14(17)21)10-13(12)20(23)24/h4-7,10,18H,8-9H2,1-3H3,(H2,17,21)(H,19,22)/b5-4+. The number of carbonyl (C=O) groups is 2. The number of primary amides is 1. The number of nitrogens with two attached hydrogens (primary N) is 1. The molecule has 0 fully saturated rings. The summed E-state index contributed by atoms with van der Waals surface area (Å²) < 4.78 is 4.95. The van der Waals surface area contributed by atoms with Crippen LogP contribution in [0.2, 0.25) is 0 Å². The lowest BCUT2D eigenvalue weighted by Crippen LogP contribution is -2.40. The number of carbonyl (C=O) groups excluding carboxylic acids is 2. The van der Waals surface area contributed by atoms with Crippen molar-refractivity contribution in [2.24, 2.45) is 5.73 Å². The molecule has 0 bridgehead atoms. The van der Waals surface area contributed by atoms with E-state index in [0.717, 1.165) is 6.07 Å². The SMILES string of the molecule is CC(C)(C)NC(=O)OC/C=C/CNc1ccc(C(N)=O)cc1[N+](=O)[O-]. The van der Waals surface area contributed by atoms with Gasteiger partial charge in [0, 0.05) is 23.7 Å². The van der Waals surface area contributed by atoms with Crippen LogP contribution in [0.1, 0.15) is 31.1 Å². The number of anilines is 1. The van der Waals surface area contributed by atoms with Crippen LogP contribution in [0.4, 0.5) is 16.2 Å². The fraction of sp³-hybridized carbons (Fsp3) is 0.375. The number of rotatable bonds is 7. The highest BCUT2D eigenvalue weighted by Crippen LogP contribution is 2.25. The molecular weight excluding hydrogens is 328 g/mol. The Morgan fingerprint density at radius 2 is 2.00 bits per heavy atom. The van der Waals surface area contributed by atoms with Crippen molar-refractivity contribution in [3.8, 4) is 0 Å². The molecule has 2 amide bonds. The van der Waals surface area contributed by atoms with Crippen LogP contribution in [0.15, 0.2) is 30.4 Å². The number of nitro groups is 1. The summed E-state index contributed by atoms with van der Waals surface area (Å²) in [6.07, 6.45) is 2.75. The Bertz CT molecular complexity index is 680. The van der Waals surface area contributed by atoms with Gasteiger partial charge in [-0.2, -0.15) is 0 Å². The summed E-state index contributed by atoms with van der Waals surface area (Å²) in [6.45, 7) is 5.87. The number of alkyl carbamates (subject to hydrolysis) is 1. The average Bonchev–Trinajstić information content (AvgIpc) is 2.48. The van der Waals surface area contributed by atoms with Crippen LogP contribution < -0.4 is 16.4 Å². The largest absolute Gasteiger partial charge is 0.445 e. The lowest BCUT2D eigenvalue weighted by molar-refractivity contribution is -0.384. The zero-order valence-electron chi connectivity index (χ0n) is 14.4. The molecule has 9 nitrogen and oxygen atoms in total. The van der Waals surface area contributed by atoms with E-state index in [-0.39, 0.29) is 35.6 Å². The predicted molar refractivity (Wildman–Crippen MR) is 93.5 cm³/mol. The Kier molecular flexibility index (Phi) is 6.92. The van der Waals surface area contributed by atoms with Crippen LogP contribution in [0.3, 0.4) is 0 Å². The molecule has 0 spiro atoms. The molecule has 136 valence electrons. The van der Waals surface area contributed by atoms with E-state index in [1.165, 1.54) is 12.1 Å². The fourth-order valence-electron chi connectivity index (χ4n) is 1.77.